The average Bonchev–Trinajstić information content (AvgIpc) is 1.85. The Labute approximate surface area is 64.1 Å². The molecule has 0 fully saturated rings. The molecule has 5 heteroatoms. The molecule has 1 rings (SSSR count). The molecule has 0 aromatic heterocycles. The minimum atomic E-state index is -2.64. The molecule has 0 saturated carbocycles. The zero-order valence-electron chi connectivity index (χ0n) is 5.21. The Bertz CT molecular complexity index is 301. The van der Waals surface area contributed by atoms with Crippen LogP contribution in [0.25, 0.3) is 0 Å². The summed E-state index contributed by atoms with van der Waals surface area (Å²) in [6, 6.07) is 2.27. The van der Waals surface area contributed by atoms with Gasteiger partial charge in [-0.25, -0.2) is 8.78 Å². The molecule has 0 saturated heterocycles. The van der Waals surface area contributed by atoms with Crippen molar-refractivity contribution in [3.63, 3.8) is 0 Å². The smallest absolute Gasteiger partial charge is 0.141 e. The zero-order valence-corrected chi connectivity index (χ0v) is 6.03. The van der Waals surface area contributed by atoms with Crippen LogP contribution in [-0.4, -0.2) is 8.76 Å². The molecule has 1 aromatic rings. The largest absolute Gasteiger partial charge is 0.768 e. The fourth-order valence-electron chi connectivity index (χ4n) is 0.610. The molecule has 0 aliphatic heterocycles. The van der Waals surface area contributed by atoms with Crippen LogP contribution in [0.1, 0.15) is 0 Å². The minimum absolute atomic E-state index is 0.519. The van der Waals surface area contributed by atoms with Gasteiger partial charge in [-0.05, 0) is 23.2 Å². The first-order valence-corrected chi connectivity index (χ1v) is 3.73. The third kappa shape index (κ3) is 1.81. The van der Waals surface area contributed by atoms with E-state index in [2.05, 4.69) is 0 Å². The van der Waals surface area contributed by atoms with E-state index in [1.54, 1.807) is 0 Å². The Morgan fingerprint density at radius 3 is 2.45 bits per heavy atom. The average molecular weight is 177 g/mol. The molecular weight excluding hydrogens is 174 g/mol. The van der Waals surface area contributed by atoms with E-state index >= 15 is 0 Å². The van der Waals surface area contributed by atoms with Crippen molar-refractivity contribution >= 4 is 11.1 Å². The van der Waals surface area contributed by atoms with Gasteiger partial charge in [0.15, 0.2) is 0 Å². The van der Waals surface area contributed by atoms with Crippen LogP contribution in [0, 0.1) is 11.6 Å². The molecule has 60 valence electrons. The molecule has 0 amide bonds. The predicted molar refractivity (Wildman–Crippen MR) is 33.5 cm³/mol. The van der Waals surface area contributed by atoms with Gasteiger partial charge in [0.1, 0.15) is 11.6 Å². The number of rotatable bonds is 1. The number of halogens is 2. The predicted octanol–water partition coefficient (Wildman–Crippen LogP) is 1.20. The molecule has 0 spiro atoms. The SMILES string of the molecule is O=S([O-])c1ccc(F)cc1F. The molecular formula is C6H3F2O2S-. The maximum absolute atomic E-state index is 12.5. The van der Waals surface area contributed by atoms with E-state index in [1.807, 2.05) is 0 Å². The maximum atomic E-state index is 12.5. The molecule has 0 radical (unpaired) electrons. The highest BCUT2D eigenvalue weighted by atomic mass is 32.2. The van der Waals surface area contributed by atoms with Gasteiger partial charge >= 0.3 is 0 Å². The van der Waals surface area contributed by atoms with Crippen LogP contribution in [0.5, 0.6) is 0 Å². The Hall–Kier alpha value is -0.810. The van der Waals surface area contributed by atoms with Gasteiger partial charge in [0.25, 0.3) is 0 Å². The van der Waals surface area contributed by atoms with Crippen LogP contribution in [-0.2, 0) is 11.1 Å². The van der Waals surface area contributed by atoms with Gasteiger partial charge in [-0.15, -0.1) is 0 Å². The van der Waals surface area contributed by atoms with Crippen LogP contribution < -0.4 is 0 Å². The molecule has 0 aliphatic carbocycles. The third-order valence-electron chi connectivity index (χ3n) is 1.07. The fourth-order valence-corrected chi connectivity index (χ4v) is 1.01. The summed E-state index contributed by atoms with van der Waals surface area (Å²) in [5.41, 5.74) is 0. The molecule has 0 bridgehead atoms. The number of hydrogen-bond acceptors (Lipinski definition) is 2. The summed E-state index contributed by atoms with van der Waals surface area (Å²) in [5.74, 6) is -1.87. The van der Waals surface area contributed by atoms with Gasteiger partial charge in [-0.3, -0.25) is 4.21 Å². The maximum Gasteiger partial charge on any atom is 0.141 e. The summed E-state index contributed by atoms with van der Waals surface area (Å²) in [7, 11) is 0. The van der Waals surface area contributed by atoms with E-state index in [0.29, 0.717) is 6.07 Å². The summed E-state index contributed by atoms with van der Waals surface area (Å²) in [4.78, 5) is -0.522. The summed E-state index contributed by atoms with van der Waals surface area (Å²) < 4.78 is 45.0. The molecule has 0 aliphatic rings. The van der Waals surface area contributed by atoms with Crippen LogP contribution in [0.3, 0.4) is 0 Å². The van der Waals surface area contributed by atoms with Gasteiger partial charge in [0, 0.05) is 6.07 Å². The highest BCUT2D eigenvalue weighted by Crippen LogP contribution is 2.11. The van der Waals surface area contributed by atoms with Crippen molar-refractivity contribution in [2.75, 3.05) is 0 Å². The number of hydrogen-bond donors (Lipinski definition) is 0. The molecule has 2 nitrogen and oxygen atoms in total. The van der Waals surface area contributed by atoms with Crippen molar-refractivity contribution < 1.29 is 17.5 Å². The lowest BCUT2D eigenvalue weighted by Crippen LogP contribution is -1.93. The normalized spacial score (nSPS) is 13.0. The second-order valence-electron chi connectivity index (χ2n) is 1.81. The van der Waals surface area contributed by atoms with Crippen molar-refractivity contribution in [2.45, 2.75) is 4.90 Å². The van der Waals surface area contributed by atoms with Crippen molar-refractivity contribution in [1.29, 1.82) is 0 Å². The second kappa shape index (κ2) is 3.06. The van der Waals surface area contributed by atoms with Crippen LogP contribution in [0.2, 0.25) is 0 Å². The monoisotopic (exact) mass is 177 g/mol. The minimum Gasteiger partial charge on any atom is -0.768 e. The standard InChI is InChI=1S/C6H4F2O2S/c7-4-1-2-6(11(9)10)5(8)3-4/h1-3H,(H,9,10)/p-1. The molecule has 1 atom stereocenters. The Kier molecular flexibility index (Phi) is 2.31. The van der Waals surface area contributed by atoms with Crippen molar-refractivity contribution in [2.24, 2.45) is 0 Å². The number of benzene rings is 1. The van der Waals surface area contributed by atoms with Crippen molar-refractivity contribution in [1.82, 2.24) is 0 Å². The van der Waals surface area contributed by atoms with Gasteiger partial charge in [-0.2, -0.15) is 0 Å². The first-order chi connectivity index (χ1) is 5.11. The van der Waals surface area contributed by atoms with Gasteiger partial charge < -0.3 is 4.55 Å². The molecule has 0 heterocycles. The highest BCUT2D eigenvalue weighted by Gasteiger charge is 2.02. The zero-order chi connectivity index (χ0) is 8.43. The van der Waals surface area contributed by atoms with Crippen LogP contribution in [0.15, 0.2) is 23.1 Å². The van der Waals surface area contributed by atoms with Crippen molar-refractivity contribution in [3.8, 4) is 0 Å². The molecule has 0 N–H and O–H groups in total. The fraction of sp³-hybridized carbons (Fsp3) is 0. The summed E-state index contributed by atoms with van der Waals surface area (Å²) in [6.45, 7) is 0. The summed E-state index contributed by atoms with van der Waals surface area (Å²) >= 11 is -2.64. The van der Waals surface area contributed by atoms with Crippen LogP contribution in [0.4, 0.5) is 8.78 Å². The van der Waals surface area contributed by atoms with E-state index in [1.165, 1.54) is 0 Å². The van der Waals surface area contributed by atoms with Gasteiger partial charge in [0.05, 0.1) is 4.90 Å². The second-order valence-corrected chi connectivity index (χ2v) is 2.72. The Morgan fingerprint density at radius 2 is 2.00 bits per heavy atom. The quantitative estimate of drug-likeness (QED) is 0.605. The molecule has 1 aromatic carbocycles. The summed E-state index contributed by atoms with van der Waals surface area (Å²) in [6.07, 6.45) is 0. The van der Waals surface area contributed by atoms with E-state index in [9.17, 15) is 17.5 Å². The Morgan fingerprint density at radius 1 is 1.36 bits per heavy atom. The van der Waals surface area contributed by atoms with Crippen LogP contribution >= 0.6 is 0 Å². The summed E-state index contributed by atoms with van der Waals surface area (Å²) in [5, 5.41) is 0. The third-order valence-corrected chi connectivity index (χ3v) is 1.76. The van der Waals surface area contributed by atoms with E-state index < -0.39 is 27.6 Å². The van der Waals surface area contributed by atoms with E-state index in [0.717, 1.165) is 12.1 Å². The van der Waals surface area contributed by atoms with E-state index in [4.69, 9.17) is 0 Å². The highest BCUT2D eigenvalue weighted by molar-refractivity contribution is 7.79. The lowest BCUT2D eigenvalue weighted by atomic mass is 10.3. The van der Waals surface area contributed by atoms with Gasteiger partial charge in [-0.1, -0.05) is 0 Å². The van der Waals surface area contributed by atoms with E-state index in [-0.39, 0.29) is 0 Å². The lowest BCUT2D eigenvalue weighted by Gasteiger charge is -2.04. The molecule has 11 heavy (non-hydrogen) atoms. The topological polar surface area (TPSA) is 40.1 Å². The first-order valence-electron chi connectivity index (χ1n) is 2.65. The molecule has 1 unspecified atom stereocenters. The first kappa shape index (κ1) is 8.29. The van der Waals surface area contributed by atoms with Crippen molar-refractivity contribution in [3.05, 3.63) is 29.8 Å². The Balaban J connectivity index is 3.20. The van der Waals surface area contributed by atoms with Gasteiger partial charge in [0.2, 0.25) is 0 Å². The lowest BCUT2D eigenvalue weighted by molar-refractivity contribution is 0.518.